The Morgan fingerprint density at radius 3 is 2.69 bits per heavy atom. The normalized spacial score (nSPS) is 10.4. The highest BCUT2D eigenvalue weighted by Crippen LogP contribution is 2.20. The summed E-state index contributed by atoms with van der Waals surface area (Å²) in [6.45, 7) is 6.39. The molecule has 3 heteroatoms. The fourth-order valence-electron chi connectivity index (χ4n) is 1.50. The van der Waals surface area contributed by atoms with E-state index in [-0.39, 0.29) is 0 Å². The van der Waals surface area contributed by atoms with Gasteiger partial charge < -0.3 is 9.26 Å². The van der Waals surface area contributed by atoms with Crippen LogP contribution in [0.1, 0.15) is 22.6 Å². The molecule has 0 aliphatic rings. The second-order valence-electron chi connectivity index (χ2n) is 3.99. The first-order chi connectivity index (χ1) is 7.65. The molecule has 0 unspecified atom stereocenters. The molecular formula is C13H15NO2. The summed E-state index contributed by atoms with van der Waals surface area (Å²) >= 11 is 0. The van der Waals surface area contributed by atoms with Gasteiger partial charge in [-0.3, -0.25) is 0 Å². The molecule has 0 N–H and O–H groups in total. The van der Waals surface area contributed by atoms with E-state index < -0.39 is 0 Å². The minimum atomic E-state index is 0.422. The second-order valence-corrected chi connectivity index (χ2v) is 3.99. The van der Waals surface area contributed by atoms with E-state index in [4.69, 9.17) is 9.26 Å². The number of aromatic nitrogens is 1. The smallest absolute Gasteiger partial charge is 0.174 e. The fourth-order valence-corrected chi connectivity index (χ4v) is 1.50. The summed E-state index contributed by atoms with van der Waals surface area (Å²) in [5.74, 6) is 1.65. The summed E-state index contributed by atoms with van der Waals surface area (Å²) in [6, 6.07) is 8.03. The van der Waals surface area contributed by atoms with Gasteiger partial charge in [0.2, 0.25) is 0 Å². The molecule has 0 aliphatic heterocycles. The highest BCUT2D eigenvalue weighted by atomic mass is 16.5. The lowest BCUT2D eigenvalue weighted by atomic mass is 10.1. The number of hydrogen-bond acceptors (Lipinski definition) is 3. The van der Waals surface area contributed by atoms with Crippen molar-refractivity contribution in [3.8, 4) is 5.75 Å². The van der Waals surface area contributed by atoms with E-state index >= 15 is 0 Å². The first kappa shape index (κ1) is 10.7. The minimum Gasteiger partial charge on any atom is -0.485 e. The molecular weight excluding hydrogens is 202 g/mol. The summed E-state index contributed by atoms with van der Waals surface area (Å²) in [6.07, 6.45) is 0. The highest BCUT2D eigenvalue weighted by molar-refractivity contribution is 5.36. The molecule has 0 amide bonds. The van der Waals surface area contributed by atoms with Crippen LogP contribution in [-0.2, 0) is 6.61 Å². The monoisotopic (exact) mass is 217 g/mol. The quantitative estimate of drug-likeness (QED) is 0.792. The number of benzene rings is 1. The highest BCUT2D eigenvalue weighted by Gasteiger charge is 2.04. The van der Waals surface area contributed by atoms with Crippen LogP contribution in [0.2, 0.25) is 0 Å². The van der Waals surface area contributed by atoms with E-state index in [1.165, 1.54) is 5.56 Å². The van der Waals surface area contributed by atoms with Crippen molar-refractivity contribution in [2.24, 2.45) is 0 Å². The first-order valence-corrected chi connectivity index (χ1v) is 5.27. The van der Waals surface area contributed by atoms with E-state index in [1.807, 2.05) is 32.9 Å². The van der Waals surface area contributed by atoms with Crippen LogP contribution in [0.15, 0.2) is 28.8 Å². The summed E-state index contributed by atoms with van der Waals surface area (Å²) in [7, 11) is 0. The molecule has 2 aromatic rings. The number of hydrogen-bond donors (Lipinski definition) is 0. The lowest BCUT2D eigenvalue weighted by Gasteiger charge is -2.07. The molecule has 0 spiro atoms. The Hall–Kier alpha value is -1.77. The number of nitrogens with zero attached hydrogens (tertiary/aromatic N) is 1. The van der Waals surface area contributed by atoms with E-state index in [1.54, 1.807) is 0 Å². The maximum atomic E-state index is 5.68. The fraction of sp³-hybridized carbons (Fsp3) is 0.308. The summed E-state index contributed by atoms with van der Waals surface area (Å²) < 4.78 is 10.8. The van der Waals surface area contributed by atoms with Gasteiger partial charge in [0.1, 0.15) is 12.4 Å². The maximum absolute atomic E-state index is 5.68. The van der Waals surface area contributed by atoms with Gasteiger partial charge in [0, 0.05) is 6.07 Å². The van der Waals surface area contributed by atoms with E-state index in [2.05, 4.69) is 17.3 Å². The van der Waals surface area contributed by atoms with E-state index in [9.17, 15) is 0 Å². The van der Waals surface area contributed by atoms with Gasteiger partial charge in [-0.15, -0.1) is 0 Å². The molecule has 2 rings (SSSR count). The van der Waals surface area contributed by atoms with Crippen molar-refractivity contribution in [3.05, 3.63) is 46.8 Å². The molecule has 0 aliphatic carbocycles. The lowest BCUT2D eigenvalue weighted by Crippen LogP contribution is -1.96. The van der Waals surface area contributed by atoms with Gasteiger partial charge >= 0.3 is 0 Å². The third kappa shape index (κ3) is 2.42. The summed E-state index contributed by atoms with van der Waals surface area (Å²) in [5.41, 5.74) is 3.19. The number of ether oxygens (including phenoxy) is 1. The van der Waals surface area contributed by atoms with Gasteiger partial charge in [0.15, 0.2) is 5.76 Å². The predicted molar refractivity (Wildman–Crippen MR) is 61.5 cm³/mol. The Morgan fingerprint density at radius 2 is 2.00 bits per heavy atom. The molecule has 1 aromatic heterocycles. The first-order valence-electron chi connectivity index (χ1n) is 5.27. The molecule has 0 atom stereocenters. The van der Waals surface area contributed by atoms with E-state index in [0.717, 1.165) is 22.8 Å². The van der Waals surface area contributed by atoms with Crippen molar-refractivity contribution in [1.82, 2.24) is 5.16 Å². The van der Waals surface area contributed by atoms with Crippen molar-refractivity contribution in [2.75, 3.05) is 0 Å². The zero-order valence-electron chi connectivity index (χ0n) is 9.78. The zero-order chi connectivity index (χ0) is 11.5. The van der Waals surface area contributed by atoms with Gasteiger partial charge in [-0.2, -0.15) is 0 Å². The van der Waals surface area contributed by atoms with E-state index in [0.29, 0.717) is 6.61 Å². The molecule has 0 bridgehead atoms. The van der Waals surface area contributed by atoms with Crippen molar-refractivity contribution in [3.63, 3.8) is 0 Å². The molecule has 0 saturated carbocycles. The van der Waals surface area contributed by atoms with Crippen molar-refractivity contribution in [1.29, 1.82) is 0 Å². The van der Waals surface area contributed by atoms with Crippen LogP contribution in [0.4, 0.5) is 0 Å². The summed E-state index contributed by atoms with van der Waals surface area (Å²) in [4.78, 5) is 0. The van der Waals surface area contributed by atoms with Gasteiger partial charge in [-0.25, -0.2) is 0 Å². The van der Waals surface area contributed by atoms with Crippen LogP contribution in [0, 0.1) is 20.8 Å². The standard InChI is InChI=1S/C13H15NO2/c1-9-4-5-10(2)13(6-9)15-8-12-7-11(3)14-16-12/h4-7H,8H2,1-3H3. The van der Waals surface area contributed by atoms with Gasteiger partial charge in [-0.05, 0) is 38.0 Å². The molecule has 0 radical (unpaired) electrons. The van der Waals surface area contributed by atoms with Crippen LogP contribution in [-0.4, -0.2) is 5.16 Å². The Balaban J connectivity index is 2.07. The second kappa shape index (κ2) is 4.39. The van der Waals surface area contributed by atoms with Crippen LogP contribution in [0.25, 0.3) is 0 Å². The van der Waals surface area contributed by atoms with Gasteiger partial charge in [-0.1, -0.05) is 17.3 Å². The number of rotatable bonds is 3. The molecule has 0 fully saturated rings. The SMILES string of the molecule is Cc1ccc(C)c(OCc2cc(C)no2)c1. The van der Waals surface area contributed by atoms with Crippen LogP contribution in [0.3, 0.4) is 0 Å². The topological polar surface area (TPSA) is 35.3 Å². The Bertz CT molecular complexity index is 488. The molecule has 84 valence electrons. The molecule has 16 heavy (non-hydrogen) atoms. The number of aryl methyl sites for hydroxylation is 3. The molecule has 1 aromatic carbocycles. The molecule has 3 nitrogen and oxygen atoms in total. The Labute approximate surface area is 95.0 Å². The molecule has 0 saturated heterocycles. The van der Waals surface area contributed by atoms with Crippen molar-refractivity contribution < 1.29 is 9.26 Å². The van der Waals surface area contributed by atoms with Gasteiger partial charge in [0.05, 0.1) is 5.69 Å². The van der Waals surface area contributed by atoms with Crippen LogP contribution < -0.4 is 4.74 Å². The predicted octanol–water partition coefficient (Wildman–Crippen LogP) is 3.18. The van der Waals surface area contributed by atoms with Crippen molar-refractivity contribution >= 4 is 0 Å². The third-order valence-corrected chi connectivity index (χ3v) is 2.39. The zero-order valence-corrected chi connectivity index (χ0v) is 9.78. The maximum Gasteiger partial charge on any atom is 0.174 e. The largest absolute Gasteiger partial charge is 0.485 e. The van der Waals surface area contributed by atoms with Gasteiger partial charge in [0.25, 0.3) is 0 Å². The van der Waals surface area contributed by atoms with Crippen LogP contribution in [0.5, 0.6) is 5.75 Å². The molecule has 1 heterocycles. The average molecular weight is 217 g/mol. The lowest BCUT2D eigenvalue weighted by molar-refractivity contribution is 0.247. The minimum absolute atomic E-state index is 0.422. The Kier molecular flexibility index (Phi) is 2.95. The van der Waals surface area contributed by atoms with Crippen molar-refractivity contribution in [2.45, 2.75) is 27.4 Å². The Morgan fingerprint density at radius 1 is 1.19 bits per heavy atom. The average Bonchev–Trinajstić information content (AvgIpc) is 2.66. The van der Waals surface area contributed by atoms with Crippen LogP contribution >= 0.6 is 0 Å². The summed E-state index contributed by atoms with van der Waals surface area (Å²) in [5, 5.41) is 3.81. The third-order valence-electron chi connectivity index (χ3n) is 2.39.